The molecule has 0 aliphatic carbocycles. The Kier molecular flexibility index (Phi) is 3.76. The molecule has 0 bridgehead atoms. The molecule has 2 aliphatic rings. The average Bonchev–Trinajstić information content (AvgIpc) is 2.98. The smallest absolute Gasteiger partial charge is 0.258 e. The van der Waals surface area contributed by atoms with Crippen LogP contribution in [0.1, 0.15) is 33.6 Å². The third-order valence-corrected chi connectivity index (χ3v) is 5.09. The van der Waals surface area contributed by atoms with Crippen molar-refractivity contribution in [1.82, 2.24) is 4.90 Å². The lowest BCUT2D eigenvalue weighted by atomic mass is 9.89. The molecular formula is C19H15ClFNO3. The van der Waals surface area contributed by atoms with E-state index in [0.717, 1.165) is 0 Å². The van der Waals surface area contributed by atoms with E-state index in [-0.39, 0.29) is 29.3 Å². The van der Waals surface area contributed by atoms with E-state index < -0.39 is 17.3 Å². The molecule has 1 unspecified atom stereocenters. The number of carbonyl (C=O) groups is 2. The summed E-state index contributed by atoms with van der Waals surface area (Å²) < 4.78 is 20.1. The molecule has 1 fully saturated rings. The van der Waals surface area contributed by atoms with Crippen LogP contribution in [0.2, 0.25) is 5.02 Å². The molecular weight excluding hydrogens is 345 g/mol. The van der Waals surface area contributed by atoms with Crippen molar-refractivity contribution in [1.29, 1.82) is 0 Å². The summed E-state index contributed by atoms with van der Waals surface area (Å²) >= 11 is 6.00. The van der Waals surface area contributed by atoms with E-state index in [4.69, 9.17) is 16.3 Å². The first kappa shape index (κ1) is 16.1. The maximum atomic E-state index is 14.0. The zero-order chi connectivity index (χ0) is 17.6. The maximum Gasteiger partial charge on any atom is 0.258 e. The fraction of sp³-hybridized carbons (Fsp3) is 0.263. The van der Waals surface area contributed by atoms with Gasteiger partial charge in [0.1, 0.15) is 17.2 Å². The molecule has 2 aliphatic heterocycles. The Hall–Kier alpha value is -2.40. The molecule has 0 aromatic heterocycles. The molecule has 25 heavy (non-hydrogen) atoms. The average molecular weight is 360 g/mol. The van der Waals surface area contributed by atoms with E-state index in [9.17, 15) is 14.0 Å². The number of likely N-dealkylation sites (tertiary alicyclic amines) is 1. The first-order chi connectivity index (χ1) is 12.0. The van der Waals surface area contributed by atoms with E-state index in [0.29, 0.717) is 24.3 Å². The van der Waals surface area contributed by atoms with E-state index in [1.807, 2.05) is 6.07 Å². The molecule has 0 radical (unpaired) electrons. The van der Waals surface area contributed by atoms with E-state index in [2.05, 4.69) is 0 Å². The summed E-state index contributed by atoms with van der Waals surface area (Å²) in [6, 6.07) is 11.3. The van der Waals surface area contributed by atoms with Crippen LogP contribution in [0.25, 0.3) is 0 Å². The van der Waals surface area contributed by atoms with Gasteiger partial charge in [0.25, 0.3) is 5.91 Å². The second kappa shape index (κ2) is 5.85. The lowest BCUT2D eigenvalue weighted by Gasteiger charge is -2.34. The molecule has 1 saturated heterocycles. The van der Waals surface area contributed by atoms with Gasteiger partial charge in [-0.05, 0) is 24.3 Å². The second-order valence-electron chi connectivity index (χ2n) is 6.45. The van der Waals surface area contributed by atoms with Crippen molar-refractivity contribution in [2.24, 2.45) is 0 Å². The fourth-order valence-corrected chi connectivity index (χ4v) is 3.79. The van der Waals surface area contributed by atoms with Crippen molar-refractivity contribution in [2.75, 3.05) is 13.1 Å². The second-order valence-corrected chi connectivity index (χ2v) is 6.86. The number of Topliss-reactive ketones (excluding diaryl/α,β-unsaturated/α-hetero) is 1. The van der Waals surface area contributed by atoms with Gasteiger partial charge < -0.3 is 9.64 Å². The van der Waals surface area contributed by atoms with Crippen molar-refractivity contribution >= 4 is 23.3 Å². The quantitative estimate of drug-likeness (QED) is 0.779. The lowest BCUT2D eigenvalue weighted by Crippen LogP contribution is -2.45. The number of benzene rings is 2. The molecule has 0 N–H and O–H groups in total. The summed E-state index contributed by atoms with van der Waals surface area (Å²) in [7, 11) is 0. The van der Waals surface area contributed by atoms with Gasteiger partial charge in [-0.15, -0.1) is 0 Å². The first-order valence-electron chi connectivity index (χ1n) is 8.04. The van der Waals surface area contributed by atoms with E-state index in [1.54, 1.807) is 18.2 Å². The largest absolute Gasteiger partial charge is 0.484 e. The highest BCUT2D eigenvalue weighted by Gasteiger charge is 2.47. The first-order valence-corrected chi connectivity index (χ1v) is 8.41. The minimum atomic E-state index is -0.751. The highest BCUT2D eigenvalue weighted by Crippen LogP contribution is 2.39. The predicted molar refractivity (Wildman–Crippen MR) is 90.7 cm³/mol. The fourth-order valence-electron chi connectivity index (χ4n) is 3.55. The Bertz CT molecular complexity index is 864. The summed E-state index contributed by atoms with van der Waals surface area (Å²) in [4.78, 5) is 26.6. The van der Waals surface area contributed by atoms with Gasteiger partial charge in [0.2, 0.25) is 0 Å². The van der Waals surface area contributed by atoms with Crippen LogP contribution >= 0.6 is 11.6 Å². The van der Waals surface area contributed by atoms with Crippen LogP contribution in [0.3, 0.4) is 0 Å². The van der Waals surface area contributed by atoms with Crippen LogP contribution < -0.4 is 4.74 Å². The van der Waals surface area contributed by atoms with Crippen LogP contribution in [0.5, 0.6) is 5.75 Å². The molecule has 4 nitrogen and oxygen atoms in total. The molecule has 1 atom stereocenters. The van der Waals surface area contributed by atoms with Gasteiger partial charge in [-0.2, -0.15) is 0 Å². The molecule has 2 aromatic rings. The predicted octanol–water partition coefficient (Wildman–Crippen LogP) is 3.73. The Balaban J connectivity index is 1.60. The number of hydrogen-bond acceptors (Lipinski definition) is 3. The van der Waals surface area contributed by atoms with Crippen molar-refractivity contribution in [3.8, 4) is 5.75 Å². The Morgan fingerprint density at radius 3 is 2.80 bits per heavy atom. The number of fused-ring (bicyclic) bond motifs is 1. The molecule has 1 spiro atoms. The van der Waals surface area contributed by atoms with Crippen LogP contribution in [0, 0.1) is 5.82 Å². The minimum Gasteiger partial charge on any atom is -0.484 e. The normalized spacial score (nSPS) is 22.0. The van der Waals surface area contributed by atoms with Crippen molar-refractivity contribution in [3.63, 3.8) is 0 Å². The maximum absolute atomic E-state index is 14.0. The summed E-state index contributed by atoms with van der Waals surface area (Å²) in [5.41, 5.74) is -0.322. The summed E-state index contributed by atoms with van der Waals surface area (Å²) in [5.74, 6) is -0.587. The Morgan fingerprint density at radius 1 is 1.20 bits per heavy atom. The molecule has 1 amide bonds. The number of amides is 1. The molecule has 4 rings (SSSR count). The van der Waals surface area contributed by atoms with E-state index in [1.165, 1.54) is 23.1 Å². The number of rotatable bonds is 1. The molecule has 2 heterocycles. The topological polar surface area (TPSA) is 46.6 Å². The number of ether oxygens (including phenoxy) is 1. The third kappa shape index (κ3) is 2.68. The van der Waals surface area contributed by atoms with E-state index >= 15 is 0 Å². The van der Waals surface area contributed by atoms with Gasteiger partial charge >= 0.3 is 0 Å². The molecule has 6 heteroatoms. The van der Waals surface area contributed by atoms with Crippen molar-refractivity contribution < 1.29 is 18.7 Å². The summed E-state index contributed by atoms with van der Waals surface area (Å²) in [6.07, 6.45) is 0.726. The van der Waals surface area contributed by atoms with Crippen molar-refractivity contribution in [2.45, 2.75) is 18.4 Å². The van der Waals surface area contributed by atoms with Crippen molar-refractivity contribution in [3.05, 3.63) is 64.4 Å². The van der Waals surface area contributed by atoms with Gasteiger partial charge in [-0.3, -0.25) is 9.59 Å². The number of halogens is 2. The van der Waals surface area contributed by atoms with Crippen LogP contribution in [-0.4, -0.2) is 35.3 Å². The number of hydrogen-bond donors (Lipinski definition) is 0. The standard InChI is InChI=1S/C19H15ClFNO3/c20-13-5-3-6-14(21)17(13)18(24)22-9-8-19(11-22)10-15(23)12-4-1-2-7-16(12)25-19/h1-7H,8-11H2. The number of para-hydroxylation sites is 1. The Labute approximate surface area is 149 Å². The van der Waals surface area contributed by atoms with Crippen LogP contribution in [-0.2, 0) is 0 Å². The molecule has 0 saturated carbocycles. The SMILES string of the molecule is O=C1CC2(CCN(C(=O)c3c(F)cccc3Cl)C2)Oc2ccccc21. The zero-order valence-corrected chi connectivity index (χ0v) is 14.1. The number of nitrogens with zero attached hydrogens (tertiary/aromatic N) is 1. The van der Waals surface area contributed by atoms with Crippen LogP contribution in [0.15, 0.2) is 42.5 Å². The minimum absolute atomic E-state index is 0.0000676. The Morgan fingerprint density at radius 2 is 2.00 bits per heavy atom. The monoisotopic (exact) mass is 359 g/mol. The number of ketones is 1. The highest BCUT2D eigenvalue weighted by molar-refractivity contribution is 6.33. The van der Waals surface area contributed by atoms with Gasteiger partial charge in [-0.25, -0.2) is 4.39 Å². The molecule has 128 valence electrons. The van der Waals surface area contributed by atoms with Gasteiger partial charge in [0.05, 0.1) is 29.1 Å². The number of carbonyl (C=O) groups excluding carboxylic acids is 2. The lowest BCUT2D eigenvalue weighted by molar-refractivity contribution is 0.0427. The molecule has 2 aromatic carbocycles. The highest BCUT2D eigenvalue weighted by atomic mass is 35.5. The van der Waals surface area contributed by atoms with Gasteiger partial charge in [-0.1, -0.05) is 29.8 Å². The van der Waals surface area contributed by atoms with Crippen LogP contribution in [0.4, 0.5) is 4.39 Å². The summed E-state index contributed by atoms with van der Waals surface area (Å²) in [5, 5.41) is 0.0805. The van der Waals surface area contributed by atoms with Gasteiger partial charge in [0, 0.05) is 13.0 Å². The zero-order valence-electron chi connectivity index (χ0n) is 13.3. The van der Waals surface area contributed by atoms with Gasteiger partial charge in [0.15, 0.2) is 5.78 Å². The summed E-state index contributed by atoms with van der Waals surface area (Å²) in [6.45, 7) is 0.621. The third-order valence-electron chi connectivity index (χ3n) is 4.78.